The molecule has 2 aromatic rings. The molecular formula is C27H35N3O3. The molecule has 1 N–H and O–H groups in total. The van der Waals surface area contributed by atoms with Crippen molar-refractivity contribution in [3.05, 3.63) is 58.7 Å². The molecule has 33 heavy (non-hydrogen) atoms. The van der Waals surface area contributed by atoms with E-state index >= 15 is 0 Å². The van der Waals surface area contributed by atoms with Crippen LogP contribution in [0.15, 0.2) is 36.4 Å². The highest BCUT2D eigenvalue weighted by molar-refractivity contribution is 5.90. The first-order valence-electron chi connectivity index (χ1n) is 11.9. The van der Waals surface area contributed by atoms with Gasteiger partial charge in [0.1, 0.15) is 5.75 Å². The van der Waals surface area contributed by atoms with Gasteiger partial charge in [0.05, 0.1) is 0 Å². The average molecular weight is 450 g/mol. The van der Waals surface area contributed by atoms with Crippen LogP contribution in [0.3, 0.4) is 0 Å². The van der Waals surface area contributed by atoms with Crippen LogP contribution in [0.5, 0.6) is 5.75 Å². The molecule has 2 aliphatic rings. The highest BCUT2D eigenvalue weighted by atomic mass is 16.5. The molecule has 2 heterocycles. The number of piperidine rings is 1. The number of carbonyl (C=O) groups is 2. The molecule has 0 aliphatic carbocycles. The summed E-state index contributed by atoms with van der Waals surface area (Å²) < 4.78 is 5.75. The standard InChI is InChI=1S/C27H35N3O3/c1-19-7-5-6-8-24(19)33-17-25(31)29-12-9-27(10-13-29)11-14-30(18-27)26(32)28-23-16-21(3)20(2)15-22(23)4/h5-8,15-16H,9-14,17-18H2,1-4H3,(H,28,32). The second kappa shape index (κ2) is 9.46. The summed E-state index contributed by atoms with van der Waals surface area (Å²) in [5.41, 5.74) is 5.53. The summed E-state index contributed by atoms with van der Waals surface area (Å²) in [5, 5.41) is 3.11. The molecule has 2 aliphatic heterocycles. The van der Waals surface area contributed by atoms with Crippen molar-refractivity contribution in [3.8, 4) is 5.75 Å². The lowest BCUT2D eigenvalue weighted by Crippen LogP contribution is -2.46. The number of para-hydroxylation sites is 1. The summed E-state index contributed by atoms with van der Waals surface area (Å²) in [5.74, 6) is 0.793. The van der Waals surface area contributed by atoms with Crippen molar-refractivity contribution in [1.82, 2.24) is 9.80 Å². The van der Waals surface area contributed by atoms with Gasteiger partial charge in [-0.05, 0) is 86.8 Å². The minimum absolute atomic E-state index is 0.0247. The number of hydrogen-bond acceptors (Lipinski definition) is 3. The van der Waals surface area contributed by atoms with Crippen LogP contribution in [0.25, 0.3) is 0 Å². The monoisotopic (exact) mass is 449 g/mol. The van der Waals surface area contributed by atoms with E-state index in [0.29, 0.717) is 0 Å². The fourth-order valence-corrected chi connectivity index (χ4v) is 4.99. The minimum atomic E-state index is -0.0247. The number of rotatable bonds is 4. The predicted molar refractivity (Wildman–Crippen MR) is 131 cm³/mol. The molecule has 176 valence electrons. The molecule has 1 spiro atoms. The van der Waals surface area contributed by atoms with Gasteiger partial charge < -0.3 is 19.9 Å². The van der Waals surface area contributed by atoms with Gasteiger partial charge in [0.2, 0.25) is 0 Å². The molecule has 0 atom stereocenters. The average Bonchev–Trinajstić information content (AvgIpc) is 3.21. The third kappa shape index (κ3) is 5.15. The van der Waals surface area contributed by atoms with Gasteiger partial charge in [-0.15, -0.1) is 0 Å². The number of amides is 3. The third-order valence-electron chi connectivity index (χ3n) is 7.43. The smallest absolute Gasteiger partial charge is 0.321 e. The lowest BCUT2D eigenvalue weighted by atomic mass is 9.78. The van der Waals surface area contributed by atoms with Crippen LogP contribution in [-0.4, -0.2) is 54.5 Å². The van der Waals surface area contributed by atoms with Crippen molar-refractivity contribution in [1.29, 1.82) is 0 Å². The number of anilines is 1. The number of benzene rings is 2. The van der Waals surface area contributed by atoms with Crippen molar-refractivity contribution < 1.29 is 14.3 Å². The second-order valence-electron chi connectivity index (χ2n) is 9.79. The lowest BCUT2D eigenvalue weighted by Gasteiger charge is -2.39. The van der Waals surface area contributed by atoms with Crippen LogP contribution >= 0.6 is 0 Å². The van der Waals surface area contributed by atoms with Crippen molar-refractivity contribution in [2.24, 2.45) is 5.41 Å². The van der Waals surface area contributed by atoms with Crippen molar-refractivity contribution >= 4 is 17.6 Å². The quantitative estimate of drug-likeness (QED) is 0.726. The van der Waals surface area contributed by atoms with E-state index in [9.17, 15) is 9.59 Å². The van der Waals surface area contributed by atoms with Gasteiger partial charge in [-0.2, -0.15) is 0 Å². The van der Waals surface area contributed by atoms with Crippen LogP contribution in [0.2, 0.25) is 0 Å². The van der Waals surface area contributed by atoms with Crippen LogP contribution in [0, 0.1) is 33.1 Å². The summed E-state index contributed by atoms with van der Waals surface area (Å²) in [6.07, 6.45) is 2.85. The number of urea groups is 1. The van der Waals surface area contributed by atoms with E-state index in [2.05, 4.69) is 31.3 Å². The Morgan fingerprint density at radius 1 is 0.879 bits per heavy atom. The van der Waals surface area contributed by atoms with Gasteiger partial charge in [-0.1, -0.05) is 24.3 Å². The summed E-state index contributed by atoms with van der Waals surface area (Å²) >= 11 is 0. The molecule has 0 saturated carbocycles. The number of carbonyl (C=O) groups excluding carboxylic acids is 2. The zero-order chi connectivity index (χ0) is 23.6. The van der Waals surface area contributed by atoms with E-state index < -0.39 is 0 Å². The minimum Gasteiger partial charge on any atom is -0.484 e. The van der Waals surface area contributed by atoms with Crippen LogP contribution in [0.4, 0.5) is 10.5 Å². The first-order valence-corrected chi connectivity index (χ1v) is 11.9. The van der Waals surface area contributed by atoms with Crippen LogP contribution < -0.4 is 10.1 Å². The molecule has 0 unspecified atom stereocenters. The predicted octanol–water partition coefficient (Wildman–Crippen LogP) is 4.85. The lowest BCUT2D eigenvalue weighted by molar-refractivity contribution is -0.135. The Kier molecular flexibility index (Phi) is 6.63. The van der Waals surface area contributed by atoms with Gasteiger partial charge in [-0.25, -0.2) is 4.79 Å². The zero-order valence-electron chi connectivity index (χ0n) is 20.2. The van der Waals surface area contributed by atoms with Crippen molar-refractivity contribution in [2.75, 3.05) is 38.1 Å². The van der Waals surface area contributed by atoms with Gasteiger partial charge in [-0.3, -0.25) is 4.79 Å². The maximum Gasteiger partial charge on any atom is 0.321 e. The topological polar surface area (TPSA) is 61.9 Å². The Labute approximate surface area is 196 Å². The Balaban J connectivity index is 1.28. The fourth-order valence-electron chi connectivity index (χ4n) is 4.99. The van der Waals surface area contributed by atoms with E-state index in [1.54, 1.807) is 0 Å². The highest BCUT2D eigenvalue weighted by Gasteiger charge is 2.42. The largest absolute Gasteiger partial charge is 0.484 e. The maximum atomic E-state index is 12.9. The Bertz CT molecular complexity index is 1040. The first-order chi connectivity index (χ1) is 15.8. The molecule has 3 amide bonds. The molecule has 4 rings (SSSR count). The molecule has 6 heteroatoms. The molecule has 2 aromatic carbocycles. The van der Waals surface area contributed by atoms with E-state index in [0.717, 1.165) is 68.0 Å². The van der Waals surface area contributed by atoms with Crippen LogP contribution in [0.1, 0.15) is 41.5 Å². The number of aryl methyl sites for hydroxylation is 4. The van der Waals surface area contributed by atoms with Crippen molar-refractivity contribution in [3.63, 3.8) is 0 Å². The van der Waals surface area contributed by atoms with E-state index in [-0.39, 0.29) is 24.0 Å². The second-order valence-corrected chi connectivity index (χ2v) is 9.79. The van der Waals surface area contributed by atoms with Crippen molar-refractivity contribution in [2.45, 2.75) is 47.0 Å². The Morgan fingerprint density at radius 2 is 1.52 bits per heavy atom. The molecule has 0 radical (unpaired) electrons. The summed E-state index contributed by atoms with van der Waals surface area (Å²) in [4.78, 5) is 29.5. The Hall–Kier alpha value is -3.02. The zero-order valence-corrected chi connectivity index (χ0v) is 20.2. The number of ether oxygens (including phenoxy) is 1. The summed E-state index contributed by atoms with van der Waals surface area (Å²) in [6, 6.07) is 11.9. The van der Waals surface area contributed by atoms with Gasteiger partial charge in [0.15, 0.2) is 6.61 Å². The maximum absolute atomic E-state index is 12.9. The summed E-state index contributed by atoms with van der Waals surface area (Å²) in [7, 11) is 0. The SMILES string of the molecule is Cc1cc(C)c(NC(=O)N2CCC3(CCN(C(=O)COc4ccccc4C)CC3)C2)cc1C. The van der Waals surface area contributed by atoms with E-state index in [1.807, 2.05) is 47.9 Å². The summed E-state index contributed by atoms with van der Waals surface area (Å²) in [6.45, 7) is 11.2. The van der Waals surface area contributed by atoms with Gasteiger partial charge >= 0.3 is 6.03 Å². The Morgan fingerprint density at radius 3 is 2.21 bits per heavy atom. The molecule has 0 bridgehead atoms. The molecule has 2 saturated heterocycles. The number of likely N-dealkylation sites (tertiary alicyclic amines) is 2. The van der Waals surface area contributed by atoms with Gasteiger partial charge in [0, 0.05) is 31.9 Å². The molecular weight excluding hydrogens is 414 g/mol. The first kappa shape index (κ1) is 23.1. The fraction of sp³-hybridized carbons (Fsp3) is 0.481. The van der Waals surface area contributed by atoms with Crippen LogP contribution in [-0.2, 0) is 4.79 Å². The third-order valence-corrected chi connectivity index (χ3v) is 7.43. The number of nitrogens with one attached hydrogen (secondary N) is 1. The van der Waals surface area contributed by atoms with E-state index in [4.69, 9.17) is 4.74 Å². The normalized spacial score (nSPS) is 17.3. The highest BCUT2D eigenvalue weighted by Crippen LogP contribution is 2.40. The van der Waals surface area contributed by atoms with Gasteiger partial charge in [0.25, 0.3) is 5.91 Å². The number of hydrogen-bond donors (Lipinski definition) is 1. The molecule has 6 nitrogen and oxygen atoms in total. The molecule has 0 aromatic heterocycles. The molecule has 2 fully saturated rings. The number of nitrogens with zero attached hydrogens (tertiary/aromatic N) is 2. The van der Waals surface area contributed by atoms with E-state index in [1.165, 1.54) is 11.1 Å².